The second-order valence-corrected chi connectivity index (χ2v) is 4.10. The summed E-state index contributed by atoms with van der Waals surface area (Å²) in [5, 5.41) is 3.26. The second-order valence-electron chi connectivity index (χ2n) is 4.10. The molecule has 0 amide bonds. The van der Waals surface area contributed by atoms with Gasteiger partial charge in [-0.3, -0.25) is 0 Å². The van der Waals surface area contributed by atoms with Gasteiger partial charge < -0.3 is 23.9 Å². The molecule has 0 unspecified atom stereocenters. The Labute approximate surface area is 117 Å². The fraction of sp³-hybridized carbons (Fsp3) is 0.357. The van der Waals surface area contributed by atoms with E-state index in [2.05, 4.69) is 10.3 Å². The van der Waals surface area contributed by atoms with Gasteiger partial charge in [-0.2, -0.15) is 0 Å². The van der Waals surface area contributed by atoms with Crippen molar-refractivity contribution in [3.8, 4) is 17.2 Å². The van der Waals surface area contributed by atoms with E-state index in [9.17, 15) is 0 Å². The van der Waals surface area contributed by atoms with E-state index in [1.807, 2.05) is 12.1 Å². The lowest BCUT2D eigenvalue weighted by Gasteiger charge is -2.14. The molecule has 0 aliphatic heterocycles. The van der Waals surface area contributed by atoms with Crippen molar-refractivity contribution in [3.05, 3.63) is 36.0 Å². The van der Waals surface area contributed by atoms with Gasteiger partial charge in [0, 0.05) is 6.54 Å². The van der Waals surface area contributed by atoms with Crippen LogP contribution in [0.25, 0.3) is 0 Å². The van der Waals surface area contributed by atoms with Crippen LogP contribution in [0.5, 0.6) is 17.2 Å². The lowest BCUT2D eigenvalue weighted by Crippen LogP contribution is -2.12. The Balaban J connectivity index is 2.07. The Bertz CT molecular complexity index is 515. The highest BCUT2D eigenvalue weighted by atomic mass is 16.5. The molecule has 108 valence electrons. The van der Waals surface area contributed by atoms with Gasteiger partial charge >= 0.3 is 0 Å². The molecule has 0 saturated heterocycles. The summed E-state index contributed by atoms with van der Waals surface area (Å²) in [5.41, 5.74) is 1.03. The van der Waals surface area contributed by atoms with Crippen LogP contribution in [0.2, 0.25) is 0 Å². The van der Waals surface area contributed by atoms with Gasteiger partial charge in [0.1, 0.15) is 5.76 Å². The summed E-state index contributed by atoms with van der Waals surface area (Å²) in [4.78, 5) is 3.86. The zero-order valence-corrected chi connectivity index (χ0v) is 11.8. The van der Waals surface area contributed by atoms with Crippen LogP contribution in [0.4, 0.5) is 0 Å². The van der Waals surface area contributed by atoms with Crippen LogP contribution in [-0.4, -0.2) is 26.3 Å². The van der Waals surface area contributed by atoms with Gasteiger partial charge in [0.25, 0.3) is 0 Å². The van der Waals surface area contributed by atoms with E-state index in [-0.39, 0.29) is 0 Å². The normalized spacial score (nSPS) is 10.3. The van der Waals surface area contributed by atoms with Crippen molar-refractivity contribution in [1.82, 2.24) is 10.3 Å². The molecule has 1 aromatic heterocycles. The third kappa shape index (κ3) is 3.21. The van der Waals surface area contributed by atoms with E-state index in [0.717, 1.165) is 11.3 Å². The number of methoxy groups -OCH3 is 3. The fourth-order valence-electron chi connectivity index (χ4n) is 1.90. The minimum Gasteiger partial charge on any atom is -0.493 e. The van der Waals surface area contributed by atoms with Crippen LogP contribution in [0.15, 0.2) is 29.1 Å². The standard InChI is InChI=1S/C14H18N2O4/c1-17-12-4-10(5-13(18-2)14(12)19-3)6-15-7-11-8-16-9-20-11/h4-5,8-9,15H,6-7H2,1-3H3. The van der Waals surface area contributed by atoms with Crippen molar-refractivity contribution in [2.24, 2.45) is 0 Å². The summed E-state index contributed by atoms with van der Waals surface area (Å²) in [6, 6.07) is 3.82. The van der Waals surface area contributed by atoms with Crippen molar-refractivity contribution in [1.29, 1.82) is 0 Å². The minimum absolute atomic E-state index is 0.592. The fourth-order valence-corrected chi connectivity index (χ4v) is 1.90. The molecule has 1 aromatic carbocycles. The molecule has 0 saturated carbocycles. The molecule has 2 aromatic rings. The Kier molecular flexibility index (Phi) is 4.84. The molecule has 2 rings (SSSR count). The Morgan fingerprint density at radius 2 is 1.75 bits per heavy atom. The molecule has 6 nitrogen and oxygen atoms in total. The summed E-state index contributed by atoms with van der Waals surface area (Å²) in [6.45, 7) is 1.26. The summed E-state index contributed by atoms with van der Waals surface area (Å²) in [5.74, 6) is 2.66. The molecule has 0 aliphatic carbocycles. The number of hydrogen-bond acceptors (Lipinski definition) is 6. The lowest BCUT2D eigenvalue weighted by molar-refractivity contribution is 0.323. The van der Waals surface area contributed by atoms with Crippen molar-refractivity contribution in [2.75, 3.05) is 21.3 Å². The first kappa shape index (κ1) is 14.2. The smallest absolute Gasteiger partial charge is 0.203 e. The molecule has 6 heteroatoms. The molecular formula is C14H18N2O4. The molecule has 1 heterocycles. The van der Waals surface area contributed by atoms with Crippen LogP contribution in [-0.2, 0) is 13.1 Å². The van der Waals surface area contributed by atoms with Gasteiger partial charge in [0.15, 0.2) is 17.9 Å². The number of nitrogens with one attached hydrogen (secondary N) is 1. The molecule has 0 fully saturated rings. The molecule has 1 N–H and O–H groups in total. The SMILES string of the molecule is COc1cc(CNCc2cnco2)cc(OC)c1OC. The van der Waals surface area contributed by atoms with Crippen LogP contribution in [0, 0.1) is 0 Å². The van der Waals surface area contributed by atoms with Crippen molar-refractivity contribution >= 4 is 0 Å². The second kappa shape index (κ2) is 6.81. The van der Waals surface area contributed by atoms with Crippen molar-refractivity contribution < 1.29 is 18.6 Å². The van der Waals surface area contributed by atoms with Gasteiger partial charge in [-0.1, -0.05) is 0 Å². The monoisotopic (exact) mass is 278 g/mol. The molecule has 20 heavy (non-hydrogen) atoms. The number of rotatable bonds is 7. The maximum atomic E-state index is 5.31. The van der Waals surface area contributed by atoms with E-state index in [1.165, 1.54) is 6.39 Å². The molecule has 0 radical (unpaired) electrons. The summed E-state index contributed by atoms with van der Waals surface area (Å²) >= 11 is 0. The number of nitrogens with zero attached hydrogens (tertiary/aromatic N) is 1. The number of aromatic nitrogens is 1. The summed E-state index contributed by atoms with van der Waals surface area (Å²) < 4.78 is 21.1. The number of benzene rings is 1. The van der Waals surface area contributed by atoms with Gasteiger partial charge in [0.2, 0.25) is 5.75 Å². The van der Waals surface area contributed by atoms with E-state index < -0.39 is 0 Å². The van der Waals surface area contributed by atoms with Gasteiger partial charge in [0.05, 0.1) is 34.1 Å². The summed E-state index contributed by atoms with van der Waals surface area (Å²) in [6.07, 6.45) is 3.10. The molecule has 0 atom stereocenters. The zero-order valence-electron chi connectivity index (χ0n) is 11.8. The van der Waals surface area contributed by atoms with E-state index in [0.29, 0.717) is 30.3 Å². The first-order valence-electron chi connectivity index (χ1n) is 6.15. The lowest BCUT2D eigenvalue weighted by atomic mass is 10.1. The summed E-state index contributed by atoms with van der Waals surface area (Å²) in [7, 11) is 4.79. The molecule has 0 bridgehead atoms. The van der Waals surface area contributed by atoms with Gasteiger partial charge in [-0.15, -0.1) is 0 Å². The average molecular weight is 278 g/mol. The first-order valence-corrected chi connectivity index (χ1v) is 6.15. The predicted octanol–water partition coefficient (Wildman–Crippen LogP) is 1.99. The van der Waals surface area contributed by atoms with E-state index >= 15 is 0 Å². The molecular weight excluding hydrogens is 260 g/mol. The first-order chi connectivity index (χ1) is 9.78. The average Bonchev–Trinajstić information content (AvgIpc) is 2.99. The maximum Gasteiger partial charge on any atom is 0.203 e. The van der Waals surface area contributed by atoms with E-state index in [4.69, 9.17) is 18.6 Å². The maximum absolute atomic E-state index is 5.31. The number of hydrogen-bond donors (Lipinski definition) is 1. The minimum atomic E-state index is 0.592. The quantitative estimate of drug-likeness (QED) is 0.835. The third-order valence-corrected chi connectivity index (χ3v) is 2.84. The highest BCUT2D eigenvalue weighted by Gasteiger charge is 2.12. The zero-order chi connectivity index (χ0) is 14.4. The van der Waals surface area contributed by atoms with Crippen molar-refractivity contribution in [3.63, 3.8) is 0 Å². The highest BCUT2D eigenvalue weighted by molar-refractivity contribution is 5.53. The van der Waals surface area contributed by atoms with Gasteiger partial charge in [-0.25, -0.2) is 4.98 Å². The van der Waals surface area contributed by atoms with Crippen molar-refractivity contribution in [2.45, 2.75) is 13.1 Å². The number of oxazole rings is 1. The number of ether oxygens (including phenoxy) is 3. The Hall–Kier alpha value is -2.21. The van der Waals surface area contributed by atoms with Gasteiger partial charge in [-0.05, 0) is 17.7 Å². The predicted molar refractivity (Wildman–Crippen MR) is 73.1 cm³/mol. The molecule has 0 aliphatic rings. The topological polar surface area (TPSA) is 65.8 Å². The Morgan fingerprint density at radius 1 is 1.05 bits per heavy atom. The van der Waals surface area contributed by atoms with E-state index in [1.54, 1.807) is 27.5 Å². The highest BCUT2D eigenvalue weighted by Crippen LogP contribution is 2.38. The third-order valence-electron chi connectivity index (χ3n) is 2.84. The Morgan fingerprint density at radius 3 is 2.25 bits per heavy atom. The van der Waals surface area contributed by atoms with Crippen LogP contribution in [0.3, 0.4) is 0 Å². The molecule has 0 spiro atoms. The largest absolute Gasteiger partial charge is 0.493 e. The van der Waals surface area contributed by atoms with Crippen LogP contribution >= 0.6 is 0 Å². The van der Waals surface area contributed by atoms with Crippen LogP contribution < -0.4 is 19.5 Å². The van der Waals surface area contributed by atoms with Crippen LogP contribution in [0.1, 0.15) is 11.3 Å².